The maximum atomic E-state index is 11.5. The SMILES string of the molecule is CC(=O)Nc1cccc(-c2nc3cnccn3c2Nc2ccc3c(c2)CCC3=NO)c1.NO.Nc1cccc(-c2nc3cnccn3c2Nc2ccc3c(c2)CCC3=NO)c1. The van der Waals surface area contributed by atoms with Crippen molar-refractivity contribution in [3.05, 3.63) is 144 Å². The van der Waals surface area contributed by atoms with Gasteiger partial charge in [-0.25, -0.2) is 15.9 Å². The largest absolute Gasteiger partial charge is 0.411 e. The third-order valence-electron chi connectivity index (χ3n) is 10.3. The molecule has 0 atom stereocenters. The maximum absolute atomic E-state index is 11.5. The number of rotatable bonds is 7. The number of nitrogen functional groups attached to an aromatic ring is 1. The van der Waals surface area contributed by atoms with Crippen LogP contribution in [0.4, 0.5) is 34.4 Å². The average Bonchev–Trinajstić information content (AvgIpc) is 4.07. The first-order valence-corrected chi connectivity index (χ1v) is 19.2. The summed E-state index contributed by atoms with van der Waals surface area (Å²) < 4.78 is 3.92. The first-order chi connectivity index (χ1) is 29.8. The van der Waals surface area contributed by atoms with E-state index in [1.807, 2.05) is 94.0 Å². The highest BCUT2D eigenvalue weighted by molar-refractivity contribution is 6.05. The number of imidazole rings is 2. The molecule has 17 nitrogen and oxygen atoms in total. The van der Waals surface area contributed by atoms with Gasteiger partial charge in [-0.15, -0.1) is 0 Å². The van der Waals surface area contributed by atoms with Crippen LogP contribution in [0.5, 0.6) is 0 Å². The quantitative estimate of drug-likeness (QED) is 0.0445. The molecule has 4 aromatic heterocycles. The van der Waals surface area contributed by atoms with Crippen LogP contribution in [0.1, 0.15) is 42.0 Å². The molecule has 17 heteroatoms. The number of anilines is 6. The van der Waals surface area contributed by atoms with Gasteiger partial charge in [0, 0.05) is 76.7 Å². The van der Waals surface area contributed by atoms with Gasteiger partial charge in [0.05, 0.1) is 23.8 Å². The molecular weight excluding hydrogens is 775 g/mol. The molecule has 4 heterocycles. The Hall–Kier alpha value is -8.15. The Labute approximate surface area is 348 Å². The van der Waals surface area contributed by atoms with Crippen molar-refractivity contribution in [2.75, 3.05) is 21.7 Å². The summed E-state index contributed by atoms with van der Waals surface area (Å²) in [6.45, 7) is 1.48. The number of fused-ring (bicyclic) bond motifs is 4. The van der Waals surface area contributed by atoms with Gasteiger partial charge in [0.15, 0.2) is 11.3 Å². The van der Waals surface area contributed by atoms with Crippen LogP contribution in [0.25, 0.3) is 33.8 Å². The van der Waals surface area contributed by atoms with Crippen LogP contribution < -0.4 is 27.6 Å². The predicted molar refractivity (Wildman–Crippen MR) is 234 cm³/mol. The Morgan fingerprint density at radius 2 is 1.16 bits per heavy atom. The molecule has 2 aliphatic carbocycles. The number of amides is 1. The van der Waals surface area contributed by atoms with E-state index in [1.165, 1.54) is 12.5 Å². The second-order valence-corrected chi connectivity index (χ2v) is 14.2. The van der Waals surface area contributed by atoms with E-state index in [9.17, 15) is 10.0 Å². The monoisotopic (exact) mass is 815 g/mol. The normalized spacial score (nSPS) is 13.9. The number of carbonyl (C=O) groups excluding carboxylic acids is 1. The Bertz CT molecular complexity index is 2970. The number of aromatic nitrogens is 6. The van der Waals surface area contributed by atoms with Crippen LogP contribution in [0.15, 0.2) is 132 Å². The van der Waals surface area contributed by atoms with Crippen LogP contribution in [0.3, 0.4) is 0 Å². The molecule has 306 valence electrons. The van der Waals surface area contributed by atoms with Gasteiger partial charge in [-0.05, 0) is 85.3 Å². The van der Waals surface area contributed by atoms with Crippen molar-refractivity contribution in [3.8, 4) is 22.5 Å². The summed E-state index contributed by atoms with van der Waals surface area (Å²) in [6.07, 6.45) is 13.8. The molecule has 4 aromatic carbocycles. The molecule has 10 N–H and O–H groups in total. The number of oxime groups is 2. The first kappa shape index (κ1) is 39.7. The molecule has 8 aromatic rings. The lowest BCUT2D eigenvalue weighted by molar-refractivity contribution is -0.114. The van der Waals surface area contributed by atoms with Crippen LogP contribution >= 0.6 is 0 Å². The van der Waals surface area contributed by atoms with Crippen LogP contribution in [0, 0.1) is 0 Å². The zero-order valence-electron chi connectivity index (χ0n) is 32.9. The third-order valence-corrected chi connectivity index (χ3v) is 10.3. The number of benzene rings is 4. The second kappa shape index (κ2) is 17.4. The summed E-state index contributed by atoms with van der Waals surface area (Å²) in [5.74, 6) is 5.02. The van der Waals surface area contributed by atoms with E-state index in [4.69, 9.17) is 26.1 Å². The molecule has 0 saturated heterocycles. The molecule has 10 rings (SSSR count). The van der Waals surface area contributed by atoms with Crippen molar-refractivity contribution in [1.82, 2.24) is 28.7 Å². The summed E-state index contributed by atoms with van der Waals surface area (Å²) >= 11 is 0. The molecular formula is C44H41N13O4. The number of hydrogen-bond acceptors (Lipinski definition) is 14. The highest BCUT2D eigenvalue weighted by Gasteiger charge is 2.22. The highest BCUT2D eigenvalue weighted by Crippen LogP contribution is 2.35. The molecule has 0 unspecified atom stereocenters. The summed E-state index contributed by atoms with van der Waals surface area (Å²) in [4.78, 5) is 29.4. The van der Waals surface area contributed by atoms with Crippen molar-refractivity contribution in [3.63, 3.8) is 0 Å². The van der Waals surface area contributed by atoms with Crippen molar-refractivity contribution >= 4 is 63.0 Å². The van der Waals surface area contributed by atoms with Gasteiger partial charge in [0.25, 0.3) is 0 Å². The van der Waals surface area contributed by atoms with Gasteiger partial charge in [-0.2, -0.15) is 0 Å². The van der Waals surface area contributed by atoms with Gasteiger partial charge < -0.3 is 37.3 Å². The zero-order valence-corrected chi connectivity index (χ0v) is 32.9. The van der Waals surface area contributed by atoms with Gasteiger partial charge in [0.1, 0.15) is 23.0 Å². The van der Waals surface area contributed by atoms with Gasteiger partial charge in [0.2, 0.25) is 5.91 Å². The molecule has 61 heavy (non-hydrogen) atoms. The molecule has 0 saturated carbocycles. The van der Waals surface area contributed by atoms with Crippen molar-refractivity contribution in [1.29, 1.82) is 0 Å². The minimum atomic E-state index is -0.126. The van der Waals surface area contributed by atoms with Gasteiger partial charge >= 0.3 is 0 Å². The van der Waals surface area contributed by atoms with E-state index in [-0.39, 0.29) is 5.91 Å². The fourth-order valence-electron chi connectivity index (χ4n) is 7.66. The average molecular weight is 816 g/mol. The van der Waals surface area contributed by atoms with E-state index < -0.39 is 0 Å². The lowest BCUT2D eigenvalue weighted by Gasteiger charge is -2.11. The Balaban J connectivity index is 0.000000163. The van der Waals surface area contributed by atoms with Crippen molar-refractivity contribution in [2.24, 2.45) is 16.2 Å². The number of aryl methyl sites for hydroxylation is 2. The summed E-state index contributed by atoms with van der Waals surface area (Å²) in [5.41, 5.74) is 19.8. The van der Waals surface area contributed by atoms with Crippen LogP contribution in [-0.2, 0) is 17.6 Å². The smallest absolute Gasteiger partial charge is 0.221 e. The van der Waals surface area contributed by atoms with E-state index in [2.05, 4.69) is 54.3 Å². The summed E-state index contributed by atoms with van der Waals surface area (Å²) in [6, 6.07) is 27.3. The fourth-order valence-corrected chi connectivity index (χ4v) is 7.66. The van der Waals surface area contributed by atoms with Crippen LogP contribution in [0.2, 0.25) is 0 Å². The highest BCUT2D eigenvalue weighted by atomic mass is 16.4. The Kier molecular flexibility index (Phi) is 11.3. The predicted octanol–water partition coefficient (Wildman–Crippen LogP) is 7.40. The molecule has 2 aliphatic rings. The maximum Gasteiger partial charge on any atom is 0.221 e. The van der Waals surface area contributed by atoms with Gasteiger partial charge in [-0.1, -0.05) is 46.7 Å². The van der Waals surface area contributed by atoms with E-state index in [1.54, 1.807) is 24.8 Å². The lowest BCUT2D eigenvalue weighted by Crippen LogP contribution is -2.05. The Morgan fingerprint density at radius 3 is 1.66 bits per heavy atom. The standard InChI is InChI=1S/C23H20N6O2.C21H18N6O.H3NO/c1-14(30)25-17-4-2-3-16(12-17)22-23(29-10-9-24-13-21(29)27-22)26-18-6-7-19-15(11-18)5-8-20(19)28-31;22-15-3-1-2-14(10-15)20-21(27-9-8-23-12-19(27)25-20)24-16-5-6-17-13(11-16)4-7-18(17)26-28;1-2/h2-4,6-7,9-13,26,31H,5,8H2,1H3,(H,25,30);1-3,5-6,8-12,24,28H,4,7,22H2;2H,1H2. The number of nitrogens with zero attached hydrogens (tertiary/aromatic N) is 8. The number of hydrogen-bond donors (Lipinski definition) is 8. The Morgan fingerprint density at radius 1 is 0.656 bits per heavy atom. The fraction of sp³-hybridized carbons (Fsp3) is 0.114. The summed E-state index contributed by atoms with van der Waals surface area (Å²) in [7, 11) is 0. The molecule has 0 aliphatic heterocycles. The van der Waals surface area contributed by atoms with Crippen LogP contribution in [-0.4, -0.2) is 61.7 Å². The van der Waals surface area contributed by atoms with Crippen molar-refractivity contribution < 1.29 is 20.4 Å². The number of carbonyl (C=O) groups is 1. The first-order valence-electron chi connectivity index (χ1n) is 19.2. The second-order valence-electron chi connectivity index (χ2n) is 14.2. The number of nitrogens with two attached hydrogens (primary N) is 2. The molecule has 1 amide bonds. The topological polar surface area (TPSA) is 251 Å². The third kappa shape index (κ3) is 8.14. The number of nitrogens with one attached hydrogen (secondary N) is 3. The molecule has 0 radical (unpaired) electrons. The van der Waals surface area contributed by atoms with Crippen molar-refractivity contribution in [2.45, 2.75) is 32.6 Å². The van der Waals surface area contributed by atoms with E-state index in [0.29, 0.717) is 17.0 Å². The zero-order chi connectivity index (χ0) is 42.5. The lowest BCUT2D eigenvalue weighted by atomic mass is 10.1. The van der Waals surface area contributed by atoms with E-state index >= 15 is 0 Å². The van der Waals surface area contributed by atoms with E-state index in [0.717, 1.165) is 105 Å². The molecule has 0 fully saturated rings. The minimum absolute atomic E-state index is 0.126. The molecule has 0 bridgehead atoms. The van der Waals surface area contributed by atoms with Gasteiger partial charge in [-0.3, -0.25) is 23.6 Å². The molecule has 0 spiro atoms. The minimum Gasteiger partial charge on any atom is -0.411 e. The summed E-state index contributed by atoms with van der Waals surface area (Å²) in [5, 5.41) is 41.4.